The molecule has 1 N–H and O–H groups in total. The summed E-state index contributed by atoms with van der Waals surface area (Å²) in [6, 6.07) is 15.0. The molecule has 0 radical (unpaired) electrons. The van der Waals surface area contributed by atoms with Gasteiger partial charge in [-0.05, 0) is 35.9 Å². The molecule has 0 saturated carbocycles. The highest BCUT2D eigenvalue weighted by molar-refractivity contribution is 6.30. The van der Waals surface area contributed by atoms with Crippen LogP contribution in [0.5, 0.6) is 0 Å². The molecule has 1 aliphatic heterocycles. The highest BCUT2D eigenvalue weighted by atomic mass is 35.5. The maximum Gasteiger partial charge on any atom is 0.230 e. The Kier molecular flexibility index (Phi) is 3.84. The quantitative estimate of drug-likeness (QED) is 0.873. The highest BCUT2D eigenvalue weighted by Crippen LogP contribution is 2.27. The average molecular weight is 297 g/mol. The van der Waals surface area contributed by atoms with Crippen LogP contribution in [0, 0.1) is 0 Å². The van der Waals surface area contributed by atoms with Gasteiger partial charge in [0.1, 0.15) is 0 Å². The number of hydrogen-bond donors (Lipinski definition) is 1. The lowest BCUT2D eigenvalue weighted by molar-refractivity contribution is -0.115. The fourth-order valence-electron chi connectivity index (χ4n) is 2.09. The Morgan fingerprint density at radius 1 is 1.05 bits per heavy atom. The summed E-state index contributed by atoms with van der Waals surface area (Å²) in [4.78, 5) is 16.4. The molecule has 2 aromatic rings. The molecule has 0 aliphatic carbocycles. The van der Waals surface area contributed by atoms with Crippen molar-refractivity contribution in [3.63, 3.8) is 0 Å². The molecule has 0 unspecified atom stereocenters. The predicted octanol–water partition coefficient (Wildman–Crippen LogP) is 4.47. The molecule has 0 saturated heterocycles. The van der Waals surface area contributed by atoms with Gasteiger partial charge < -0.3 is 5.32 Å². The van der Waals surface area contributed by atoms with Crippen LogP contribution in [0.25, 0.3) is 6.08 Å². The second kappa shape index (κ2) is 5.94. The second-order valence-corrected chi connectivity index (χ2v) is 5.17. The Morgan fingerprint density at radius 3 is 2.62 bits per heavy atom. The molecule has 0 spiro atoms. The summed E-state index contributed by atoms with van der Waals surface area (Å²) in [5, 5.41) is 3.55. The van der Waals surface area contributed by atoms with E-state index in [0.717, 1.165) is 22.6 Å². The Balaban J connectivity index is 1.89. The fourth-order valence-corrected chi connectivity index (χ4v) is 2.22. The lowest BCUT2D eigenvalue weighted by Crippen LogP contribution is -2.13. The second-order valence-electron chi connectivity index (χ2n) is 4.73. The Morgan fingerprint density at radius 2 is 1.81 bits per heavy atom. The molecule has 0 atom stereocenters. The van der Waals surface area contributed by atoms with Crippen molar-refractivity contribution in [3.8, 4) is 0 Å². The van der Waals surface area contributed by atoms with E-state index in [-0.39, 0.29) is 12.3 Å². The van der Waals surface area contributed by atoms with E-state index in [1.807, 2.05) is 60.7 Å². The number of benzene rings is 2. The standard InChI is InChI=1S/C17H13ClN2O/c18-13-8-5-12(6-9-13)7-10-14-11-17(21)20-16-4-2-1-3-15(16)19-14/h1-10H,11H2,(H,20,21)/b10-7+. The zero-order valence-corrected chi connectivity index (χ0v) is 12.0. The number of carbonyl (C=O) groups is 1. The van der Waals surface area contributed by atoms with E-state index in [0.29, 0.717) is 5.02 Å². The number of nitrogens with zero attached hydrogens (tertiary/aromatic N) is 1. The number of rotatable bonds is 2. The van der Waals surface area contributed by atoms with Crippen LogP contribution in [-0.2, 0) is 4.79 Å². The molecule has 0 bridgehead atoms. The van der Waals surface area contributed by atoms with Crippen molar-refractivity contribution in [3.05, 3.63) is 65.2 Å². The van der Waals surface area contributed by atoms with E-state index in [2.05, 4.69) is 10.3 Å². The number of nitrogens with one attached hydrogen (secondary N) is 1. The number of halogens is 1. The van der Waals surface area contributed by atoms with Crippen molar-refractivity contribution < 1.29 is 4.79 Å². The topological polar surface area (TPSA) is 41.5 Å². The van der Waals surface area contributed by atoms with Crippen molar-refractivity contribution in [2.45, 2.75) is 6.42 Å². The number of para-hydroxylation sites is 2. The highest BCUT2D eigenvalue weighted by Gasteiger charge is 2.13. The number of fused-ring (bicyclic) bond motifs is 1. The van der Waals surface area contributed by atoms with E-state index >= 15 is 0 Å². The van der Waals surface area contributed by atoms with Crippen molar-refractivity contribution >= 4 is 40.7 Å². The van der Waals surface area contributed by atoms with Crippen LogP contribution in [-0.4, -0.2) is 11.6 Å². The van der Waals surface area contributed by atoms with E-state index in [9.17, 15) is 4.79 Å². The summed E-state index contributed by atoms with van der Waals surface area (Å²) in [7, 11) is 0. The first-order valence-electron chi connectivity index (χ1n) is 6.61. The molecular weight excluding hydrogens is 284 g/mol. The van der Waals surface area contributed by atoms with Crippen LogP contribution in [0.4, 0.5) is 11.4 Å². The SMILES string of the molecule is O=C1CC(/C=C/c2ccc(Cl)cc2)=Nc2ccccc2N1. The smallest absolute Gasteiger partial charge is 0.230 e. The van der Waals surface area contributed by atoms with Crippen LogP contribution in [0.1, 0.15) is 12.0 Å². The zero-order chi connectivity index (χ0) is 14.7. The molecule has 0 fully saturated rings. The summed E-state index contributed by atoms with van der Waals surface area (Å²) < 4.78 is 0. The number of amides is 1. The zero-order valence-electron chi connectivity index (χ0n) is 11.2. The van der Waals surface area contributed by atoms with E-state index < -0.39 is 0 Å². The van der Waals surface area contributed by atoms with Gasteiger partial charge in [0.25, 0.3) is 0 Å². The van der Waals surface area contributed by atoms with Gasteiger partial charge in [0.2, 0.25) is 5.91 Å². The lowest BCUT2D eigenvalue weighted by Gasteiger charge is -2.02. The maximum absolute atomic E-state index is 11.9. The third-order valence-corrected chi connectivity index (χ3v) is 3.37. The minimum absolute atomic E-state index is 0.0561. The van der Waals surface area contributed by atoms with Crippen LogP contribution in [0.15, 0.2) is 59.6 Å². The first-order chi connectivity index (χ1) is 10.2. The number of allylic oxidation sites excluding steroid dienone is 1. The van der Waals surface area contributed by atoms with Gasteiger partial charge in [-0.3, -0.25) is 9.79 Å². The van der Waals surface area contributed by atoms with Gasteiger partial charge >= 0.3 is 0 Å². The third kappa shape index (κ3) is 3.38. The largest absolute Gasteiger partial charge is 0.324 e. The normalized spacial score (nSPS) is 14.3. The number of hydrogen-bond acceptors (Lipinski definition) is 2. The summed E-state index contributed by atoms with van der Waals surface area (Å²) in [6.45, 7) is 0. The summed E-state index contributed by atoms with van der Waals surface area (Å²) in [5.74, 6) is -0.0561. The van der Waals surface area contributed by atoms with Crippen LogP contribution < -0.4 is 5.32 Å². The number of carbonyl (C=O) groups excluding carboxylic acids is 1. The van der Waals surface area contributed by atoms with Gasteiger partial charge in [-0.1, -0.05) is 41.9 Å². The van der Waals surface area contributed by atoms with Crippen molar-refractivity contribution in [1.29, 1.82) is 0 Å². The molecule has 3 nitrogen and oxygen atoms in total. The first kappa shape index (κ1) is 13.6. The van der Waals surface area contributed by atoms with Crippen LogP contribution in [0.3, 0.4) is 0 Å². The maximum atomic E-state index is 11.9. The van der Waals surface area contributed by atoms with E-state index in [1.165, 1.54) is 0 Å². The molecule has 4 heteroatoms. The van der Waals surface area contributed by atoms with Gasteiger partial charge in [-0.25, -0.2) is 0 Å². The molecule has 1 aliphatic rings. The van der Waals surface area contributed by atoms with Gasteiger partial charge in [0, 0.05) is 5.02 Å². The lowest BCUT2D eigenvalue weighted by atomic mass is 10.1. The van der Waals surface area contributed by atoms with Gasteiger partial charge in [-0.15, -0.1) is 0 Å². The Labute approximate surface area is 128 Å². The molecule has 1 heterocycles. The molecule has 1 amide bonds. The minimum Gasteiger partial charge on any atom is -0.324 e. The van der Waals surface area contributed by atoms with Crippen molar-refractivity contribution in [1.82, 2.24) is 0 Å². The molecule has 0 aromatic heterocycles. The van der Waals surface area contributed by atoms with Crippen LogP contribution in [0.2, 0.25) is 5.02 Å². The molecule has 3 rings (SSSR count). The van der Waals surface area contributed by atoms with E-state index in [4.69, 9.17) is 11.6 Å². The summed E-state index contributed by atoms with van der Waals surface area (Å²) >= 11 is 5.86. The molecular formula is C17H13ClN2O. The summed E-state index contributed by atoms with van der Waals surface area (Å²) in [5.41, 5.74) is 3.27. The van der Waals surface area contributed by atoms with Crippen molar-refractivity contribution in [2.75, 3.05) is 5.32 Å². The Hall–Kier alpha value is -2.39. The van der Waals surface area contributed by atoms with Crippen molar-refractivity contribution in [2.24, 2.45) is 4.99 Å². The Bertz CT molecular complexity index is 733. The first-order valence-corrected chi connectivity index (χ1v) is 6.98. The van der Waals surface area contributed by atoms with Gasteiger partial charge in [-0.2, -0.15) is 0 Å². The van der Waals surface area contributed by atoms with Crippen LogP contribution >= 0.6 is 11.6 Å². The van der Waals surface area contributed by atoms with E-state index in [1.54, 1.807) is 0 Å². The summed E-state index contributed by atoms with van der Waals surface area (Å²) in [6.07, 6.45) is 4.06. The monoisotopic (exact) mass is 296 g/mol. The fraction of sp³-hybridized carbons (Fsp3) is 0.0588. The van der Waals surface area contributed by atoms with Gasteiger partial charge in [0.05, 0.1) is 23.5 Å². The predicted molar refractivity (Wildman–Crippen MR) is 87.3 cm³/mol. The third-order valence-electron chi connectivity index (χ3n) is 3.12. The van der Waals surface area contributed by atoms with Gasteiger partial charge in [0.15, 0.2) is 0 Å². The average Bonchev–Trinajstić information content (AvgIpc) is 2.64. The number of anilines is 1. The number of aliphatic imine (C=N–C) groups is 1. The molecule has 21 heavy (non-hydrogen) atoms. The molecule has 104 valence electrons. The molecule has 2 aromatic carbocycles. The minimum atomic E-state index is -0.0561.